The maximum Gasteiger partial charge on any atom is 0.255 e. The van der Waals surface area contributed by atoms with Crippen LogP contribution >= 0.6 is 23.5 Å². The molecular weight excluding hydrogens is 438 g/mol. The van der Waals surface area contributed by atoms with Crippen LogP contribution in [0.15, 0.2) is 84.0 Å². The van der Waals surface area contributed by atoms with Crippen LogP contribution in [0.25, 0.3) is 0 Å². The number of anilines is 2. The zero-order valence-electron chi connectivity index (χ0n) is 17.9. The molecule has 164 valence electrons. The molecule has 0 bridgehead atoms. The normalized spacial score (nSPS) is 23.5. The number of allylic oxidation sites excluding steroid dienone is 5. The Balaban J connectivity index is 1.50. The van der Waals surface area contributed by atoms with Crippen LogP contribution < -0.4 is 9.62 Å². The Morgan fingerprint density at radius 3 is 2.72 bits per heavy atom. The number of nitrogens with zero attached hydrogens (tertiary/aromatic N) is 2. The lowest BCUT2D eigenvalue weighted by atomic mass is 9.97. The van der Waals surface area contributed by atoms with Gasteiger partial charge in [0.2, 0.25) is 0 Å². The molecule has 2 aliphatic rings. The number of amides is 1. The van der Waals surface area contributed by atoms with Gasteiger partial charge in [0.1, 0.15) is 0 Å². The van der Waals surface area contributed by atoms with E-state index in [1.54, 1.807) is 6.07 Å². The molecule has 2 aromatic rings. The number of rotatable bonds is 4. The molecule has 2 aliphatic heterocycles. The van der Waals surface area contributed by atoms with Crippen LogP contribution in [0.2, 0.25) is 5.02 Å². The molecule has 2 atom stereocenters. The van der Waals surface area contributed by atoms with Gasteiger partial charge in [-0.3, -0.25) is 9.79 Å². The van der Waals surface area contributed by atoms with Crippen molar-refractivity contribution >= 4 is 47.0 Å². The Bertz CT molecular complexity index is 1040. The molecule has 2 aromatic carbocycles. The first kappa shape index (κ1) is 22.4. The number of halogens is 1. The molecule has 2 heterocycles. The summed E-state index contributed by atoms with van der Waals surface area (Å²) in [4.78, 5) is 17.2. The highest BCUT2D eigenvalue weighted by atomic mass is 35.5. The fraction of sp³-hybridized carbons (Fsp3) is 0.231. The van der Waals surface area contributed by atoms with Crippen LogP contribution in [0.5, 0.6) is 0 Å². The lowest BCUT2D eigenvalue weighted by Gasteiger charge is -2.16. The maximum atomic E-state index is 12.8. The van der Waals surface area contributed by atoms with Crippen molar-refractivity contribution < 1.29 is 4.79 Å². The molecule has 2 unspecified atom stereocenters. The van der Waals surface area contributed by atoms with E-state index >= 15 is 0 Å². The second-order valence-electron chi connectivity index (χ2n) is 7.86. The molecule has 0 spiro atoms. The molecule has 4 nitrogen and oxygen atoms in total. The highest BCUT2D eigenvalue weighted by molar-refractivity contribution is 8.00. The van der Waals surface area contributed by atoms with Gasteiger partial charge < -0.3 is 9.62 Å². The van der Waals surface area contributed by atoms with E-state index in [-0.39, 0.29) is 17.7 Å². The summed E-state index contributed by atoms with van der Waals surface area (Å²) in [5, 5.41) is 3.56. The minimum absolute atomic E-state index is 0.00296. The molecule has 0 aliphatic carbocycles. The van der Waals surface area contributed by atoms with Gasteiger partial charge in [-0.05, 0) is 66.4 Å². The van der Waals surface area contributed by atoms with E-state index in [9.17, 15) is 4.79 Å². The predicted molar refractivity (Wildman–Crippen MR) is 138 cm³/mol. The highest BCUT2D eigenvalue weighted by Gasteiger charge is 2.15. The number of hydrogen-bond acceptors (Lipinski definition) is 4. The molecule has 4 rings (SSSR count). The van der Waals surface area contributed by atoms with Gasteiger partial charge in [0.15, 0.2) is 0 Å². The van der Waals surface area contributed by atoms with Crippen molar-refractivity contribution in [1.29, 1.82) is 0 Å². The Kier molecular flexibility index (Phi) is 7.51. The van der Waals surface area contributed by atoms with Gasteiger partial charge in [-0.25, -0.2) is 0 Å². The smallest absolute Gasteiger partial charge is 0.255 e. The minimum Gasteiger partial charge on any atom is -0.322 e. The quantitative estimate of drug-likeness (QED) is 0.502. The van der Waals surface area contributed by atoms with Gasteiger partial charge in [0.25, 0.3) is 5.91 Å². The lowest BCUT2D eigenvalue weighted by Crippen LogP contribution is -2.13. The number of carbonyl (C=O) groups excluding carboxylic acids is 1. The third-order valence-corrected chi connectivity index (χ3v) is 6.67. The van der Waals surface area contributed by atoms with E-state index in [2.05, 4.69) is 33.7 Å². The number of benzene rings is 2. The maximum absolute atomic E-state index is 12.8. The average Bonchev–Trinajstić information content (AvgIpc) is 3.33. The van der Waals surface area contributed by atoms with Crippen LogP contribution in [-0.2, 0) is 0 Å². The molecular formula is C26H26ClN3OS. The summed E-state index contributed by atoms with van der Waals surface area (Å²) in [5.41, 5.74) is 3.41. The van der Waals surface area contributed by atoms with Gasteiger partial charge in [-0.1, -0.05) is 48.9 Å². The Hall–Kier alpha value is -2.76. The number of aliphatic imine (C=N–C) groups is 1. The third-order valence-electron chi connectivity index (χ3n) is 5.28. The minimum atomic E-state index is -0.155. The molecule has 1 amide bonds. The average molecular weight is 464 g/mol. The molecule has 1 fully saturated rings. The van der Waals surface area contributed by atoms with Crippen LogP contribution in [-0.4, -0.2) is 24.4 Å². The molecule has 0 saturated carbocycles. The standard InChI is InChI=1S/C26H26ClN3OS/c1-19-5-2-3-6-20(11-12-28-18-19)22-15-23(27)17-24(16-22)29-26(31)21-7-9-25(10-8-21)30-13-4-14-32-30/h2-3,5-12,15-20H,4,13-14H2,1H3,(H,29,31)/b5-2-,6-3-,12-11-,28-18?. The van der Waals surface area contributed by atoms with Crippen molar-refractivity contribution in [3.05, 3.63) is 95.2 Å². The zero-order chi connectivity index (χ0) is 22.3. The summed E-state index contributed by atoms with van der Waals surface area (Å²) in [6.45, 7) is 3.14. The zero-order valence-corrected chi connectivity index (χ0v) is 19.5. The van der Waals surface area contributed by atoms with E-state index in [4.69, 9.17) is 11.6 Å². The topological polar surface area (TPSA) is 44.7 Å². The Labute approximate surface area is 198 Å². The van der Waals surface area contributed by atoms with E-state index in [1.165, 1.54) is 6.42 Å². The second kappa shape index (κ2) is 10.7. The molecule has 0 radical (unpaired) electrons. The summed E-state index contributed by atoms with van der Waals surface area (Å²) >= 11 is 8.22. The summed E-state index contributed by atoms with van der Waals surface area (Å²) in [5.74, 6) is 1.28. The summed E-state index contributed by atoms with van der Waals surface area (Å²) in [7, 11) is 0. The van der Waals surface area contributed by atoms with Crippen molar-refractivity contribution in [1.82, 2.24) is 0 Å². The number of nitrogens with one attached hydrogen (secondary N) is 1. The monoisotopic (exact) mass is 463 g/mol. The highest BCUT2D eigenvalue weighted by Crippen LogP contribution is 2.29. The van der Waals surface area contributed by atoms with E-state index in [1.807, 2.05) is 79.0 Å². The molecule has 6 heteroatoms. The van der Waals surface area contributed by atoms with Crippen LogP contribution in [0.1, 0.15) is 35.2 Å². The number of hydrogen-bond donors (Lipinski definition) is 1. The fourth-order valence-electron chi connectivity index (χ4n) is 3.60. The fourth-order valence-corrected chi connectivity index (χ4v) is 4.85. The Morgan fingerprint density at radius 2 is 1.94 bits per heavy atom. The van der Waals surface area contributed by atoms with Gasteiger partial charge in [-0.15, -0.1) is 0 Å². The molecule has 32 heavy (non-hydrogen) atoms. The van der Waals surface area contributed by atoms with Crippen molar-refractivity contribution in [2.75, 3.05) is 21.9 Å². The largest absolute Gasteiger partial charge is 0.322 e. The SMILES string of the molecule is CC1C=N/C=C\C(c2cc(Cl)cc(NC(=O)c3ccc(N4CCCS4)cc3)c2)/C=C\C=C/1. The summed E-state index contributed by atoms with van der Waals surface area (Å²) in [6.07, 6.45) is 15.2. The van der Waals surface area contributed by atoms with Crippen molar-refractivity contribution in [3.8, 4) is 0 Å². The van der Waals surface area contributed by atoms with Gasteiger partial charge >= 0.3 is 0 Å². The summed E-state index contributed by atoms with van der Waals surface area (Å²) < 4.78 is 2.27. The molecule has 0 aromatic heterocycles. The first-order chi connectivity index (χ1) is 15.6. The molecule has 1 N–H and O–H groups in total. The van der Waals surface area contributed by atoms with E-state index in [0.29, 0.717) is 16.3 Å². The Morgan fingerprint density at radius 1 is 1.12 bits per heavy atom. The summed E-state index contributed by atoms with van der Waals surface area (Å²) in [6, 6.07) is 13.4. The first-order valence-electron chi connectivity index (χ1n) is 10.8. The van der Waals surface area contributed by atoms with Crippen molar-refractivity contribution in [2.45, 2.75) is 19.3 Å². The number of carbonyl (C=O) groups is 1. The van der Waals surface area contributed by atoms with Gasteiger partial charge in [0.05, 0.1) is 0 Å². The van der Waals surface area contributed by atoms with E-state index in [0.717, 1.165) is 23.5 Å². The van der Waals surface area contributed by atoms with E-state index < -0.39 is 0 Å². The van der Waals surface area contributed by atoms with Crippen LogP contribution in [0.3, 0.4) is 0 Å². The lowest BCUT2D eigenvalue weighted by molar-refractivity contribution is 0.102. The van der Waals surface area contributed by atoms with Gasteiger partial charge in [0, 0.05) is 58.5 Å². The van der Waals surface area contributed by atoms with Crippen molar-refractivity contribution in [2.24, 2.45) is 10.9 Å². The second-order valence-corrected chi connectivity index (χ2v) is 9.40. The van der Waals surface area contributed by atoms with Gasteiger partial charge in [-0.2, -0.15) is 0 Å². The van der Waals surface area contributed by atoms with Crippen LogP contribution in [0, 0.1) is 5.92 Å². The van der Waals surface area contributed by atoms with Crippen molar-refractivity contribution in [3.63, 3.8) is 0 Å². The first-order valence-corrected chi connectivity index (χ1v) is 12.1. The predicted octanol–water partition coefficient (Wildman–Crippen LogP) is 6.88. The van der Waals surface area contributed by atoms with Crippen LogP contribution in [0.4, 0.5) is 11.4 Å². The molecule has 1 saturated heterocycles. The third kappa shape index (κ3) is 5.93.